The van der Waals surface area contributed by atoms with Crippen LogP contribution in [0, 0.1) is 0 Å². The third kappa shape index (κ3) is 1.72. The van der Waals surface area contributed by atoms with E-state index in [-0.39, 0.29) is 5.41 Å². The summed E-state index contributed by atoms with van der Waals surface area (Å²) >= 11 is 0. The minimum absolute atomic E-state index is 0.146. The Hall–Kier alpha value is -1.42. The molecule has 2 aromatic rings. The van der Waals surface area contributed by atoms with Crippen molar-refractivity contribution >= 4 is 11.0 Å². The summed E-state index contributed by atoms with van der Waals surface area (Å²) in [5, 5.41) is 3.50. The van der Waals surface area contributed by atoms with E-state index in [9.17, 15) is 0 Å². The average Bonchev–Trinajstić information content (AvgIpc) is 2.79. The molecule has 0 aromatic carbocycles. The van der Waals surface area contributed by atoms with Crippen LogP contribution in [0.5, 0.6) is 0 Å². The summed E-state index contributed by atoms with van der Waals surface area (Å²) in [5.74, 6) is 1.21. The van der Waals surface area contributed by atoms with Crippen molar-refractivity contribution in [3.63, 3.8) is 0 Å². The Morgan fingerprint density at radius 2 is 2.39 bits per heavy atom. The lowest BCUT2D eigenvalue weighted by atomic mass is 9.82. The number of hydrogen-bond acceptors (Lipinski definition) is 3. The highest BCUT2D eigenvalue weighted by atomic mass is 15.1. The molecule has 18 heavy (non-hydrogen) atoms. The molecule has 0 spiro atoms. The molecule has 3 heterocycles. The quantitative estimate of drug-likeness (QED) is 0.879. The van der Waals surface area contributed by atoms with Crippen LogP contribution in [0.15, 0.2) is 18.5 Å². The first-order valence-electron chi connectivity index (χ1n) is 6.76. The van der Waals surface area contributed by atoms with Crippen LogP contribution in [-0.2, 0) is 12.0 Å². The van der Waals surface area contributed by atoms with Gasteiger partial charge in [-0.3, -0.25) is 4.98 Å². The Balaban J connectivity index is 2.15. The van der Waals surface area contributed by atoms with Crippen LogP contribution < -0.4 is 5.32 Å². The van der Waals surface area contributed by atoms with E-state index in [1.807, 2.05) is 12.4 Å². The van der Waals surface area contributed by atoms with Crippen LogP contribution >= 0.6 is 0 Å². The van der Waals surface area contributed by atoms with E-state index in [0.29, 0.717) is 0 Å². The third-order valence-corrected chi connectivity index (χ3v) is 4.00. The molecular formula is C14H20N4. The molecule has 0 amide bonds. The number of rotatable bonds is 2. The van der Waals surface area contributed by atoms with Crippen molar-refractivity contribution in [2.45, 2.75) is 38.6 Å². The van der Waals surface area contributed by atoms with Gasteiger partial charge in [0.25, 0.3) is 0 Å². The van der Waals surface area contributed by atoms with Crippen molar-refractivity contribution in [3.05, 3.63) is 24.3 Å². The Labute approximate surface area is 107 Å². The van der Waals surface area contributed by atoms with E-state index >= 15 is 0 Å². The zero-order chi connectivity index (χ0) is 12.6. The van der Waals surface area contributed by atoms with Crippen molar-refractivity contribution in [3.8, 4) is 0 Å². The molecule has 0 bridgehead atoms. The predicted octanol–water partition coefficient (Wildman–Crippen LogP) is 2.09. The summed E-state index contributed by atoms with van der Waals surface area (Å²) in [6, 6.07) is 2.06. The lowest BCUT2D eigenvalue weighted by Gasteiger charge is -2.33. The molecule has 1 saturated heterocycles. The normalized spacial score (nSPS) is 24.6. The number of aromatic nitrogens is 3. The SMILES string of the molecule is CCn1c(C2(C)CCCNC2)nc2cnccc21. The summed E-state index contributed by atoms with van der Waals surface area (Å²) in [5.41, 5.74) is 2.36. The highest BCUT2D eigenvalue weighted by Crippen LogP contribution is 2.32. The molecule has 4 nitrogen and oxygen atoms in total. The number of pyridine rings is 1. The monoisotopic (exact) mass is 244 g/mol. The smallest absolute Gasteiger partial charge is 0.117 e. The Morgan fingerprint density at radius 3 is 3.11 bits per heavy atom. The highest BCUT2D eigenvalue weighted by Gasteiger charge is 2.33. The fraction of sp³-hybridized carbons (Fsp3) is 0.571. The molecule has 0 saturated carbocycles. The fourth-order valence-electron chi connectivity index (χ4n) is 3.01. The second-order valence-corrected chi connectivity index (χ2v) is 5.39. The Morgan fingerprint density at radius 1 is 1.50 bits per heavy atom. The van der Waals surface area contributed by atoms with Gasteiger partial charge in [0.05, 0.1) is 11.7 Å². The summed E-state index contributed by atoms with van der Waals surface area (Å²) in [6.45, 7) is 7.61. The van der Waals surface area contributed by atoms with Crippen molar-refractivity contribution in [2.75, 3.05) is 13.1 Å². The zero-order valence-electron chi connectivity index (χ0n) is 11.1. The summed E-state index contributed by atoms with van der Waals surface area (Å²) in [4.78, 5) is 9.02. The predicted molar refractivity (Wildman–Crippen MR) is 72.7 cm³/mol. The largest absolute Gasteiger partial charge is 0.328 e. The summed E-state index contributed by atoms with van der Waals surface area (Å²) < 4.78 is 2.34. The fourth-order valence-corrected chi connectivity index (χ4v) is 3.01. The van der Waals surface area contributed by atoms with Crippen molar-refractivity contribution in [2.24, 2.45) is 0 Å². The van der Waals surface area contributed by atoms with E-state index < -0.39 is 0 Å². The van der Waals surface area contributed by atoms with Gasteiger partial charge in [-0.05, 0) is 32.4 Å². The van der Waals surface area contributed by atoms with Gasteiger partial charge in [0.15, 0.2) is 0 Å². The number of piperidine rings is 1. The summed E-state index contributed by atoms with van der Waals surface area (Å²) in [6.07, 6.45) is 6.14. The minimum Gasteiger partial charge on any atom is -0.328 e. The van der Waals surface area contributed by atoms with E-state index in [0.717, 1.165) is 25.2 Å². The molecule has 0 aliphatic carbocycles. The van der Waals surface area contributed by atoms with Crippen LogP contribution in [0.25, 0.3) is 11.0 Å². The first-order valence-corrected chi connectivity index (χ1v) is 6.76. The lowest BCUT2D eigenvalue weighted by Crippen LogP contribution is -2.42. The first-order chi connectivity index (χ1) is 8.74. The lowest BCUT2D eigenvalue weighted by molar-refractivity contribution is 0.315. The van der Waals surface area contributed by atoms with Crippen LogP contribution in [0.3, 0.4) is 0 Å². The van der Waals surface area contributed by atoms with Gasteiger partial charge in [0, 0.05) is 24.7 Å². The molecule has 4 heteroatoms. The van der Waals surface area contributed by atoms with Crippen LogP contribution in [-0.4, -0.2) is 27.6 Å². The molecule has 1 aliphatic rings. The molecule has 96 valence electrons. The maximum atomic E-state index is 4.84. The minimum atomic E-state index is 0.146. The Bertz CT molecular complexity index is 552. The maximum absolute atomic E-state index is 4.84. The molecule has 2 aromatic heterocycles. The van der Waals surface area contributed by atoms with Crippen LogP contribution in [0.1, 0.15) is 32.5 Å². The van der Waals surface area contributed by atoms with E-state index in [4.69, 9.17) is 4.98 Å². The molecule has 1 unspecified atom stereocenters. The molecular weight excluding hydrogens is 224 g/mol. The van der Waals surface area contributed by atoms with Gasteiger partial charge in [-0.15, -0.1) is 0 Å². The van der Waals surface area contributed by atoms with Gasteiger partial charge < -0.3 is 9.88 Å². The molecule has 1 aliphatic heterocycles. The molecule has 0 radical (unpaired) electrons. The number of imidazole rings is 1. The van der Waals surface area contributed by atoms with Crippen molar-refractivity contribution in [1.29, 1.82) is 0 Å². The Kier molecular flexibility index (Phi) is 2.82. The standard InChI is InChI=1S/C14H20N4/c1-3-18-12-5-8-15-9-11(12)17-13(18)14(2)6-4-7-16-10-14/h5,8-9,16H,3-4,6-7,10H2,1-2H3. The third-order valence-electron chi connectivity index (χ3n) is 4.00. The molecule has 1 N–H and O–H groups in total. The van der Waals surface area contributed by atoms with E-state index in [1.165, 1.54) is 24.2 Å². The van der Waals surface area contributed by atoms with Gasteiger partial charge >= 0.3 is 0 Å². The van der Waals surface area contributed by atoms with E-state index in [1.54, 1.807) is 0 Å². The number of aryl methyl sites for hydroxylation is 1. The van der Waals surface area contributed by atoms with Crippen LogP contribution in [0.4, 0.5) is 0 Å². The summed E-state index contributed by atoms with van der Waals surface area (Å²) in [7, 11) is 0. The zero-order valence-corrected chi connectivity index (χ0v) is 11.1. The van der Waals surface area contributed by atoms with Crippen molar-refractivity contribution < 1.29 is 0 Å². The van der Waals surface area contributed by atoms with E-state index in [2.05, 4.69) is 34.8 Å². The number of hydrogen-bond donors (Lipinski definition) is 1. The molecule has 3 rings (SSSR count). The van der Waals surface area contributed by atoms with Gasteiger partial charge in [-0.25, -0.2) is 4.98 Å². The van der Waals surface area contributed by atoms with Gasteiger partial charge in [0.1, 0.15) is 11.3 Å². The van der Waals surface area contributed by atoms with Gasteiger partial charge in [-0.1, -0.05) is 6.92 Å². The molecule has 1 atom stereocenters. The van der Waals surface area contributed by atoms with Gasteiger partial charge in [0.2, 0.25) is 0 Å². The highest BCUT2D eigenvalue weighted by molar-refractivity contribution is 5.75. The number of nitrogens with zero attached hydrogens (tertiary/aromatic N) is 3. The second kappa shape index (κ2) is 4.35. The van der Waals surface area contributed by atoms with Gasteiger partial charge in [-0.2, -0.15) is 0 Å². The molecule has 1 fully saturated rings. The number of fused-ring (bicyclic) bond motifs is 1. The second-order valence-electron chi connectivity index (χ2n) is 5.39. The number of nitrogens with one attached hydrogen (secondary N) is 1. The average molecular weight is 244 g/mol. The maximum Gasteiger partial charge on any atom is 0.117 e. The topological polar surface area (TPSA) is 42.7 Å². The van der Waals surface area contributed by atoms with Crippen LogP contribution in [0.2, 0.25) is 0 Å². The van der Waals surface area contributed by atoms with Crippen molar-refractivity contribution in [1.82, 2.24) is 19.9 Å². The first kappa shape index (κ1) is 11.7.